The number of hydrogen-bond acceptors (Lipinski definition) is 4. The van der Waals surface area contributed by atoms with Crippen molar-refractivity contribution in [1.29, 1.82) is 0 Å². The van der Waals surface area contributed by atoms with Gasteiger partial charge in [0.2, 0.25) is 0 Å². The molecule has 6 heteroatoms. The second kappa shape index (κ2) is 19.6. The summed E-state index contributed by atoms with van der Waals surface area (Å²) in [7, 11) is -2.85. The first-order valence-electron chi connectivity index (χ1n) is 18.5. The summed E-state index contributed by atoms with van der Waals surface area (Å²) in [5.74, 6) is 0.855. The van der Waals surface area contributed by atoms with Gasteiger partial charge in [-0.25, -0.2) is 0 Å². The van der Waals surface area contributed by atoms with E-state index in [1.54, 1.807) is 7.11 Å². The first-order chi connectivity index (χ1) is 23.9. The van der Waals surface area contributed by atoms with Gasteiger partial charge in [-0.15, -0.1) is 6.58 Å². The van der Waals surface area contributed by atoms with E-state index in [1.807, 2.05) is 18.2 Å². The van der Waals surface area contributed by atoms with Crippen molar-refractivity contribution in [3.63, 3.8) is 0 Å². The Morgan fingerprint density at radius 2 is 1.36 bits per heavy atom. The minimum absolute atomic E-state index is 0.0264. The maximum Gasteiger partial charge on any atom is 0.261 e. The SMILES string of the molecule is C=CC/C(=C/CO[Si](c1ccccc1)(c1ccccc1)C(C)(C)C)C[C@H](/C=C/C(C)(C)COCc1ccc(OC)cc1)O[Si](CC)(CC)CC. The third kappa shape index (κ3) is 11.5. The van der Waals surface area contributed by atoms with Gasteiger partial charge in [0.25, 0.3) is 8.32 Å². The van der Waals surface area contributed by atoms with Gasteiger partial charge in [-0.3, -0.25) is 0 Å². The van der Waals surface area contributed by atoms with Crippen LogP contribution in [0.1, 0.15) is 73.8 Å². The topological polar surface area (TPSA) is 36.9 Å². The molecule has 0 aliphatic rings. The summed E-state index contributed by atoms with van der Waals surface area (Å²) < 4.78 is 25.9. The van der Waals surface area contributed by atoms with Crippen molar-refractivity contribution < 1.29 is 18.3 Å². The molecule has 0 bridgehead atoms. The molecule has 0 spiro atoms. The molecule has 0 N–H and O–H groups in total. The fourth-order valence-corrected chi connectivity index (χ4v) is 14.1. The van der Waals surface area contributed by atoms with E-state index in [-0.39, 0.29) is 16.6 Å². The zero-order valence-corrected chi connectivity index (χ0v) is 34.5. The van der Waals surface area contributed by atoms with Crippen LogP contribution in [-0.4, -0.2) is 43.1 Å². The van der Waals surface area contributed by atoms with Crippen LogP contribution in [0.25, 0.3) is 0 Å². The van der Waals surface area contributed by atoms with Crippen molar-refractivity contribution in [3.8, 4) is 5.75 Å². The van der Waals surface area contributed by atoms with Crippen LogP contribution in [0.15, 0.2) is 121 Å². The van der Waals surface area contributed by atoms with Crippen LogP contribution in [0.2, 0.25) is 23.2 Å². The molecular weight excluding hydrogens is 649 g/mol. The average molecular weight is 713 g/mol. The summed E-state index contributed by atoms with van der Waals surface area (Å²) in [6, 6.07) is 33.1. The van der Waals surface area contributed by atoms with Crippen molar-refractivity contribution >= 4 is 27.0 Å². The molecule has 0 aliphatic heterocycles. The van der Waals surface area contributed by atoms with Crippen LogP contribution in [0, 0.1) is 5.41 Å². The highest BCUT2D eigenvalue weighted by molar-refractivity contribution is 6.99. The first-order valence-corrected chi connectivity index (χ1v) is 22.9. The van der Waals surface area contributed by atoms with E-state index in [4.69, 9.17) is 18.3 Å². The summed E-state index contributed by atoms with van der Waals surface area (Å²) in [4.78, 5) is 0. The number of rotatable bonds is 21. The zero-order valence-electron chi connectivity index (χ0n) is 32.5. The molecule has 0 heterocycles. The van der Waals surface area contributed by atoms with Crippen molar-refractivity contribution in [3.05, 3.63) is 127 Å². The molecule has 3 rings (SSSR count). The van der Waals surface area contributed by atoms with Gasteiger partial charge < -0.3 is 18.3 Å². The summed E-state index contributed by atoms with van der Waals surface area (Å²) in [6.07, 6.45) is 10.5. The molecule has 0 aromatic heterocycles. The predicted molar refractivity (Wildman–Crippen MR) is 219 cm³/mol. The third-order valence-corrected chi connectivity index (χ3v) is 19.6. The summed E-state index contributed by atoms with van der Waals surface area (Å²) in [6.45, 7) is 24.2. The minimum atomic E-state index is -2.65. The Morgan fingerprint density at radius 1 is 0.800 bits per heavy atom. The van der Waals surface area contributed by atoms with Gasteiger partial charge in [-0.2, -0.15) is 0 Å². The quantitative estimate of drug-likeness (QED) is 0.0814. The third-order valence-electron chi connectivity index (χ3n) is 9.96. The largest absolute Gasteiger partial charge is 0.497 e. The van der Waals surface area contributed by atoms with Crippen molar-refractivity contribution in [2.75, 3.05) is 20.3 Å². The number of hydrogen-bond donors (Lipinski definition) is 0. The van der Waals surface area contributed by atoms with Crippen LogP contribution >= 0.6 is 0 Å². The van der Waals surface area contributed by atoms with Gasteiger partial charge in [0.15, 0.2) is 8.32 Å². The van der Waals surface area contributed by atoms with E-state index in [0.717, 1.165) is 42.3 Å². The van der Waals surface area contributed by atoms with Crippen molar-refractivity contribution in [1.82, 2.24) is 0 Å². The Balaban J connectivity index is 1.88. The van der Waals surface area contributed by atoms with Gasteiger partial charge in [0.05, 0.1) is 33.0 Å². The Morgan fingerprint density at radius 3 is 1.84 bits per heavy atom. The normalized spacial score (nSPS) is 13.8. The molecule has 0 radical (unpaired) electrons. The monoisotopic (exact) mass is 712 g/mol. The number of methoxy groups -OCH3 is 1. The van der Waals surface area contributed by atoms with Gasteiger partial charge >= 0.3 is 0 Å². The smallest absolute Gasteiger partial charge is 0.261 e. The lowest BCUT2D eigenvalue weighted by atomic mass is 9.92. The van der Waals surface area contributed by atoms with Crippen LogP contribution in [0.4, 0.5) is 0 Å². The van der Waals surface area contributed by atoms with Gasteiger partial charge in [0.1, 0.15) is 5.75 Å². The van der Waals surface area contributed by atoms with Gasteiger partial charge in [0, 0.05) is 5.41 Å². The molecule has 0 fully saturated rings. The van der Waals surface area contributed by atoms with E-state index >= 15 is 0 Å². The molecule has 3 aromatic carbocycles. The van der Waals surface area contributed by atoms with Crippen LogP contribution in [0.5, 0.6) is 5.75 Å². The lowest BCUT2D eigenvalue weighted by Crippen LogP contribution is -2.66. The molecule has 50 heavy (non-hydrogen) atoms. The number of benzene rings is 3. The molecule has 0 saturated heterocycles. The lowest BCUT2D eigenvalue weighted by Gasteiger charge is -2.42. The zero-order chi connectivity index (χ0) is 36.7. The highest BCUT2D eigenvalue weighted by Gasteiger charge is 2.50. The van der Waals surface area contributed by atoms with Crippen LogP contribution < -0.4 is 15.1 Å². The number of ether oxygens (including phenoxy) is 2. The molecule has 0 aliphatic carbocycles. The number of allylic oxidation sites excluding steroid dienone is 1. The van der Waals surface area contributed by atoms with Crippen molar-refractivity contribution in [2.24, 2.45) is 5.41 Å². The van der Waals surface area contributed by atoms with Crippen LogP contribution in [-0.2, 0) is 20.2 Å². The average Bonchev–Trinajstić information content (AvgIpc) is 3.12. The van der Waals surface area contributed by atoms with Crippen LogP contribution in [0.3, 0.4) is 0 Å². The summed E-state index contributed by atoms with van der Waals surface area (Å²) in [5.41, 5.74) is 2.28. The molecule has 0 saturated carbocycles. The molecule has 272 valence electrons. The minimum Gasteiger partial charge on any atom is -0.497 e. The van der Waals surface area contributed by atoms with Crippen molar-refractivity contribution in [2.45, 2.75) is 104 Å². The Labute approximate surface area is 306 Å². The predicted octanol–water partition coefficient (Wildman–Crippen LogP) is 10.7. The summed E-state index contributed by atoms with van der Waals surface area (Å²) in [5, 5.41) is 2.51. The fraction of sp³-hybridized carbons (Fsp3) is 0.455. The van der Waals surface area contributed by atoms with E-state index in [9.17, 15) is 0 Å². The fourth-order valence-electron chi connectivity index (χ4n) is 6.78. The first kappa shape index (κ1) is 41.4. The lowest BCUT2D eigenvalue weighted by molar-refractivity contribution is 0.0711. The molecule has 0 amide bonds. The second-order valence-corrected chi connectivity index (χ2v) is 24.2. The molecular formula is C44H64O4Si2. The Bertz CT molecular complexity index is 1420. The standard InChI is InChI=1S/C44H64O4Si2/c1-11-21-37(31-33-47-50(43(5,6)7,41-22-17-15-18-23-41)42-24-19-16-20-25-42)34-40(48-49(12-2,13-3)14-4)30-32-44(8,9)36-46-35-38-26-28-39(45-10)29-27-38/h11,15-20,22-32,40H,1,12-14,21,33-36H2,2-10H3/b32-30+,37-31-/t40-/m0/s1. The Kier molecular flexibility index (Phi) is 16.2. The van der Waals surface area contributed by atoms with Gasteiger partial charge in [-0.1, -0.05) is 158 Å². The maximum absolute atomic E-state index is 7.25. The Hall–Kier alpha value is -3.01. The molecule has 0 unspecified atom stereocenters. The molecule has 1 atom stereocenters. The van der Waals surface area contributed by atoms with E-state index in [0.29, 0.717) is 19.8 Å². The van der Waals surface area contributed by atoms with Gasteiger partial charge in [-0.05, 0) is 64.1 Å². The van der Waals surface area contributed by atoms with E-state index in [2.05, 4.69) is 153 Å². The highest BCUT2D eigenvalue weighted by Crippen LogP contribution is 2.37. The summed E-state index contributed by atoms with van der Waals surface area (Å²) >= 11 is 0. The molecule has 3 aromatic rings. The maximum atomic E-state index is 7.25. The van der Waals surface area contributed by atoms with E-state index < -0.39 is 16.6 Å². The second-order valence-electron chi connectivity index (χ2n) is 15.1. The molecule has 4 nitrogen and oxygen atoms in total. The van der Waals surface area contributed by atoms with E-state index in [1.165, 1.54) is 15.9 Å². The highest BCUT2D eigenvalue weighted by atomic mass is 28.4.